The standard InChI is InChI=1S/C12H13F3N4/c1-3-16-12(10-6-17-18-19(10)2)11-8(14)4-7(13)5-9(11)15/h4-6,12,16H,3H2,1-2H3. The fraction of sp³-hybridized carbons (Fsp3) is 0.333. The van der Waals surface area contributed by atoms with Gasteiger partial charge in [0.1, 0.15) is 17.5 Å². The molecule has 4 nitrogen and oxygen atoms in total. The molecule has 1 atom stereocenters. The van der Waals surface area contributed by atoms with Crippen molar-refractivity contribution in [1.82, 2.24) is 20.3 Å². The fourth-order valence-corrected chi connectivity index (χ4v) is 1.95. The van der Waals surface area contributed by atoms with Gasteiger partial charge in [0, 0.05) is 24.7 Å². The summed E-state index contributed by atoms with van der Waals surface area (Å²) in [5, 5.41) is 10.4. The van der Waals surface area contributed by atoms with Gasteiger partial charge in [-0.25, -0.2) is 13.2 Å². The Kier molecular flexibility index (Phi) is 3.84. The molecule has 0 saturated carbocycles. The monoisotopic (exact) mass is 270 g/mol. The molecule has 2 rings (SSSR count). The van der Waals surface area contributed by atoms with E-state index in [-0.39, 0.29) is 5.56 Å². The normalized spacial score (nSPS) is 12.7. The van der Waals surface area contributed by atoms with E-state index in [9.17, 15) is 13.2 Å². The van der Waals surface area contributed by atoms with Gasteiger partial charge in [-0.2, -0.15) is 0 Å². The van der Waals surface area contributed by atoms with Crippen molar-refractivity contribution in [2.75, 3.05) is 6.54 Å². The molecule has 0 aliphatic rings. The Hall–Kier alpha value is -1.89. The highest BCUT2D eigenvalue weighted by atomic mass is 19.1. The van der Waals surface area contributed by atoms with Crippen molar-refractivity contribution >= 4 is 0 Å². The smallest absolute Gasteiger partial charge is 0.134 e. The van der Waals surface area contributed by atoms with Gasteiger partial charge in [-0.15, -0.1) is 5.10 Å². The molecule has 7 heteroatoms. The molecule has 102 valence electrons. The molecule has 0 radical (unpaired) electrons. The number of hydrogen-bond donors (Lipinski definition) is 1. The van der Waals surface area contributed by atoms with Crippen LogP contribution in [0.15, 0.2) is 18.3 Å². The van der Waals surface area contributed by atoms with Crippen LogP contribution in [0.3, 0.4) is 0 Å². The fourth-order valence-electron chi connectivity index (χ4n) is 1.95. The van der Waals surface area contributed by atoms with E-state index in [1.54, 1.807) is 14.0 Å². The lowest BCUT2D eigenvalue weighted by Crippen LogP contribution is -2.26. The van der Waals surface area contributed by atoms with Crippen LogP contribution in [0.5, 0.6) is 0 Å². The second-order valence-electron chi connectivity index (χ2n) is 4.06. The summed E-state index contributed by atoms with van der Waals surface area (Å²) in [5.41, 5.74) is 0.250. The van der Waals surface area contributed by atoms with Crippen molar-refractivity contribution in [3.63, 3.8) is 0 Å². The zero-order valence-corrected chi connectivity index (χ0v) is 10.5. The molecule has 0 aliphatic carbocycles. The zero-order chi connectivity index (χ0) is 14.0. The molecule has 0 bridgehead atoms. The SMILES string of the molecule is CCNC(c1c(F)cc(F)cc1F)c1cnnn1C. The summed E-state index contributed by atoms with van der Waals surface area (Å²) in [6.07, 6.45) is 1.41. The second kappa shape index (κ2) is 5.40. The molecular weight excluding hydrogens is 257 g/mol. The average Bonchev–Trinajstić information content (AvgIpc) is 2.73. The van der Waals surface area contributed by atoms with Gasteiger partial charge in [-0.3, -0.25) is 4.68 Å². The minimum atomic E-state index is -0.947. The Bertz CT molecular complexity index is 559. The Morgan fingerprint density at radius 1 is 1.26 bits per heavy atom. The molecule has 1 aromatic heterocycles. The predicted octanol–water partition coefficient (Wildman–Crippen LogP) is 1.93. The number of halogens is 3. The Morgan fingerprint density at radius 3 is 2.37 bits per heavy atom. The first kappa shape index (κ1) is 13.5. The summed E-state index contributed by atoms with van der Waals surface area (Å²) in [7, 11) is 1.62. The van der Waals surface area contributed by atoms with Gasteiger partial charge < -0.3 is 5.32 Å². The van der Waals surface area contributed by atoms with Gasteiger partial charge in [0.15, 0.2) is 0 Å². The molecule has 1 heterocycles. The topological polar surface area (TPSA) is 42.7 Å². The van der Waals surface area contributed by atoms with Crippen LogP contribution in [-0.2, 0) is 7.05 Å². The van der Waals surface area contributed by atoms with Crippen LogP contribution in [0, 0.1) is 17.5 Å². The van der Waals surface area contributed by atoms with Crippen molar-refractivity contribution in [3.05, 3.63) is 47.0 Å². The summed E-state index contributed by atoms with van der Waals surface area (Å²) >= 11 is 0. The number of aryl methyl sites for hydroxylation is 1. The highest BCUT2D eigenvalue weighted by Gasteiger charge is 2.25. The lowest BCUT2D eigenvalue weighted by Gasteiger charge is -2.19. The summed E-state index contributed by atoms with van der Waals surface area (Å²) in [5.74, 6) is -2.83. The van der Waals surface area contributed by atoms with Crippen LogP contribution in [-0.4, -0.2) is 21.5 Å². The minimum absolute atomic E-state index is 0.242. The van der Waals surface area contributed by atoms with E-state index in [0.29, 0.717) is 24.4 Å². The molecule has 19 heavy (non-hydrogen) atoms. The third kappa shape index (κ3) is 2.60. The van der Waals surface area contributed by atoms with Crippen molar-refractivity contribution < 1.29 is 13.2 Å². The van der Waals surface area contributed by atoms with Crippen LogP contribution < -0.4 is 5.32 Å². The van der Waals surface area contributed by atoms with Crippen LogP contribution in [0.2, 0.25) is 0 Å². The Labute approximate surface area is 108 Å². The largest absolute Gasteiger partial charge is 0.305 e. The Morgan fingerprint density at radius 2 is 1.89 bits per heavy atom. The Balaban J connectivity index is 2.54. The van der Waals surface area contributed by atoms with Crippen LogP contribution in [0.25, 0.3) is 0 Å². The molecular formula is C12H13F3N4. The molecule has 1 N–H and O–H groups in total. The highest BCUT2D eigenvalue weighted by molar-refractivity contribution is 5.30. The quantitative estimate of drug-likeness (QED) is 0.923. The van der Waals surface area contributed by atoms with E-state index in [2.05, 4.69) is 15.6 Å². The van der Waals surface area contributed by atoms with E-state index < -0.39 is 23.5 Å². The number of hydrogen-bond acceptors (Lipinski definition) is 3. The summed E-state index contributed by atoms with van der Waals surface area (Å²) < 4.78 is 42.0. The number of rotatable bonds is 4. The van der Waals surface area contributed by atoms with E-state index in [4.69, 9.17) is 0 Å². The van der Waals surface area contributed by atoms with Crippen molar-refractivity contribution in [2.24, 2.45) is 7.05 Å². The van der Waals surface area contributed by atoms with Crippen molar-refractivity contribution in [2.45, 2.75) is 13.0 Å². The van der Waals surface area contributed by atoms with Crippen LogP contribution in [0.1, 0.15) is 24.2 Å². The average molecular weight is 270 g/mol. The van der Waals surface area contributed by atoms with Gasteiger partial charge in [0.05, 0.1) is 17.9 Å². The number of nitrogens with one attached hydrogen (secondary N) is 1. The van der Waals surface area contributed by atoms with E-state index >= 15 is 0 Å². The first-order valence-corrected chi connectivity index (χ1v) is 5.77. The van der Waals surface area contributed by atoms with E-state index in [0.717, 1.165) is 0 Å². The summed E-state index contributed by atoms with van der Waals surface area (Å²) in [6.45, 7) is 2.28. The first-order chi connectivity index (χ1) is 9.04. The van der Waals surface area contributed by atoms with Gasteiger partial charge in [-0.1, -0.05) is 12.1 Å². The predicted molar refractivity (Wildman–Crippen MR) is 62.8 cm³/mol. The zero-order valence-electron chi connectivity index (χ0n) is 10.5. The first-order valence-electron chi connectivity index (χ1n) is 5.77. The lowest BCUT2D eigenvalue weighted by molar-refractivity contribution is 0.478. The molecule has 0 spiro atoms. The number of benzene rings is 1. The molecule has 2 aromatic rings. The third-order valence-corrected chi connectivity index (χ3v) is 2.79. The highest BCUT2D eigenvalue weighted by Crippen LogP contribution is 2.26. The van der Waals surface area contributed by atoms with Gasteiger partial charge in [0.25, 0.3) is 0 Å². The van der Waals surface area contributed by atoms with Crippen molar-refractivity contribution in [1.29, 1.82) is 0 Å². The number of aromatic nitrogens is 3. The molecule has 1 aromatic carbocycles. The van der Waals surface area contributed by atoms with Crippen molar-refractivity contribution in [3.8, 4) is 0 Å². The number of nitrogens with zero attached hydrogens (tertiary/aromatic N) is 3. The maximum absolute atomic E-state index is 13.8. The molecule has 0 fully saturated rings. The van der Waals surface area contributed by atoms with E-state index in [1.807, 2.05) is 0 Å². The molecule has 0 aliphatic heterocycles. The van der Waals surface area contributed by atoms with Crippen LogP contribution in [0.4, 0.5) is 13.2 Å². The van der Waals surface area contributed by atoms with Gasteiger partial charge in [0.2, 0.25) is 0 Å². The summed E-state index contributed by atoms with van der Waals surface area (Å²) in [4.78, 5) is 0. The van der Waals surface area contributed by atoms with E-state index in [1.165, 1.54) is 10.9 Å². The third-order valence-electron chi connectivity index (χ3n) is 2.79. The molecule has 1 unspecified atom stereocenters. The minimum Gasteiger partial charge on any atom is -0.305 e. The molecule has 0 amide bonds. The second-order valence-corrected chi connectivity index (χ2v) is 4.06. The maximum Gasteiger partial charge on any atom is 0.134 e. The molecule has 0 saturated heterocycles. The van der Waals surface area contributed by atoms with Gasteiger partial charge >= 0.3 is 0 Å². The van der Waals surface area contributed by atoms with Crippen LogP contribution >= 0.6 is 0 Å². The lowest BCUT2D eigenvalue weighted by atomic mass is 10.0. The maximum atomic E-state index is 13.8. The van der Waals surface area contributed by atoms with Gasteiger partial charge in [-0.05, 0) is 6.54 Å². The summed E-state index contributed by atoms with van der Waals surface area (Å²) in [6, 6.07) is 0.546.